The quantitative estimate of drug-likeness (QED) is 0.501. The van der Waals surface area contributed by atoms with Gasteiger partial charge in [-0.1, -0.05) is 0 Å². The summed E-state index contributed by atoms with van der Waals surface area (Å²) in [6.07, 6.45) is 2.78. The smallest absolute Gasteiger partial charge is 0.0870 e. The van der Waals surface area contributed by atoms with Crippen molar-refractivity contribution < 1.29 is 9.84 Å². The van der Waals surface area contributed by atoms with E-state index in [9.17, 15) is 5.11 Å². The van der Waals surface area contributed by atoms with Gasteiger partial charge in [0.05, 0.1) is 18.3 Å². The summed E-state index contributed by atoms with van der Waals surface area (Å²) < 4.78 is 5.50. The molecule has 2 bridgehead atoms. The van der Waals surface area contributed by atoms with Gasteiger partial charge in [-0.3, -0.25) is 0 Å². The standard InChI is InChI=1S/C7H10O2/c8-5-2-6-3-1-4(3)7(5)9-6/h3-8H,1-2H2. The van der Waals surface area contributed by atoms with Crippen LogP contribution in [0.25, 0.3) is 0 Å². The van der Waals surface area contributed by atoms with E-state index in [0.717, 1.165) is 18.3 Å². The first kappa shape index (κ1) is 4.69. The van der Waals surface area contributed by atoms with Crippen LogP contribution in [0.15, 0.2) is 0 Å². The average Bonchev–Trinajstić information content (AvgIpc) is 2.46. The van der Waals surface area contributed by atoms with Gasteiger partial charge in [0, 0.05) is 6.42 Å². The molecule has 1 aliphatic carbocycles. The van der Waals surface area contributed by atoms with Crippen molar-refractivity contribution in [2.24, 2.45) is 11.8 Å². The monoisotopic (exact) mass is 126 g/mol. The molecule has 0 spiro atoms. The lowest BCUT2D eigenvalue weighted by Gasteiger charge is -2.10. The molecular formula is C7H10O2. The van der Waals surface area contributed by atoms with E-state index < -0.39 is 0 Å². The minimum absolute atomic E-state index is 0.126. The van der Waals surface area contributed by atoms with Crippen molar-refractivity contribution in [1.29, 1.82) is 0 Å². The third kappa shape index (κ3) is 0.413. The van der Waals surface area contributed by atoms with Gasteiger partial charge in [-0.2, -0.15) is 0 Å². The molecule has 1 N–H and O–H groups in total. The van der Waals surface area contributed by atoms with Crippen LogP contribution in [-0.2, 0) is 4.74 Å². The van der Waals surface area contributed by atoms with Crippen LogP contribution in [0.3, 0.4) is 0 Å². The summed E-state index contributed by atoms with van der Waals surface area (Å²) in [5.41, 5.74) is 0. The summed E-state index contributed by atoms with van der Waals surface area (Å²) in [6.45, 7) is 0. The number of hydrogen-bond donors (Lipinski definition) is 1. The van der Waals surface area contributed by atoms with Crippen molar-refractivity contribution in [2.45, 2.75) is 31.2 Å². The molecule has 2 nitrogen and oxygen atoms in total. The largest absolute Gasteiger partial charge is 0.390 e. The number of ether oxygens (including phenoxy) is 1. The molecule has 2 saturated heterocycles. The van der Waals surface area contributed by atoms with Gasteiger partial charge in [-0.05, 0) is 18.3 Å². The molecular weight excluding hydrogens is 116 g/mol. The van der Waals surface area contributed by atoms with Crippen LogP contribution in [-0.4, -0.2) is 23.4 Å². The summed E-state index contributed by atoms with van der Waals surface area (Å²) in [4.78, 5) is 0. The first-order valence-electron chi connectivity index (χ1n) is 3.70. The van der Waals surface area contributed by atoms with Crippen LogP contribution in [0, 0.1) is 11.8 Å². The second-order valence-corrected chi connectivity index (χ2v) is 3.51. The Morgan fingerprint density at radius 2 is 2.11 bits per heavy atom. The molecule has 3 rings (SSSR count). The Kier molecular flexibility index (Phi) is 0.616. The number of aliphatic hydroxyl groups excluding tert-OH is 1. The first-order valence-corrected chi connectivity index (χ1v) is 3.70. The van der Waals surface area contributed by atoms with Gasteiger partial charge in [-0.25, -0.2) is 0 Å². The van der Waals surface area contributed by atoms with Gasteiger partial charge in [0.2, 0.25) is 0 Å². The van der Waals surface area contributed by atoms with Gasteiger partial charge in [0.25, 0.3) is 0 Å². The summed E-state index contributed by atoms with van der Waals surface area (Å²) in [5.74, 6) is 1.59. The maximum absolute atomic E-state index is 9.29. The number of aliphatic hydroxyl groups is 1. The van der Waals surface area contributed by atoms with Gasteiger partial charge >= 0.3 is 0 Å². The van der Waals surface area contributed by atoms with Crippen molar-refractivity contribution in [3.63, 3.8) is 0 Å². The Bertz CT molecular complexity index is 153. The Hall–Kier alpha value is -0.0800. The van der Waals surface area contributed by atoms with Crippen LogP contribution in [0.5, 0.6) is 0 Å². The highest BCUT2D eigenvalue weighted by molar-refractivity contribution is 5.10. The predicted molar refractivity (Wildman–Crippen MR) is 30.9 cm³/mol. The van der Waals surface area contributed by atoms with Crippen LogP contribution >= 0.6 is 0 Å². The van der Waals surface area contributed by atoms with E-state index in [0.29, 0.717) is 6.10 Å². The van der Waals surface area contributed by atoms with Gasteiger partial charge < -0.3 is 9.84 Å². The van der Waals surface area contributed by atoms with E-state index in [1.165, 1.54) is 6.42 Å². The normalized spacial score (nSPS) is 68.3. The van der Waals surface area contributed by atoms with Gasteiger partial charge in [0.1, 0.15) is 0 Å². The fourth-order valence-electron chi connectivity index (χ4n) is 2.42. The molecule has 2 heterocycles. The summed E-state index contributed by atoms with van der Waals surface area (Å²) in [6, 6.07) is 0. The molecule has 3 aliphatic rings. The van der Waals surface area contributed by atoms with Crippen LogP contribution < -0.4 is 0 Å². The van der Waals surface area contributed by atoms with Crippen LogP contribution in [0.1, 0.15) is 12.8 Å². The van der Waals surface area contributed by atoms with Crippen molar-refractivity contribution in [2.75, 3.05) is 0 Å². The second kappa shape index (κ2) is 1.18. The molecule has 0 aromatic heterocycles. The lowest BCUT2D eigenvalue weighted by Crippen LogP contribution is -2.23. The fraction of sp³-hybridized carbons (Fsp3) is 1.00. The highest BCUT2D eigenvalue weighted by atomic mass is 16.5. The van der Waals surface area contributed by atoms with E-state index in [2.05, 4.69) is 0 Å². The van der Waals surface area contributed by atoms with E-state index in [1.807, 2.05) is 0 Å². The number of fused-ring (bicyclic) bond motifs is 5. The zero-order chi connectivity index (χ0) is 6.01. The molecule has 2 heteroatoms. The molecule has 5 unspecified atom stereocenters. The molecule has 0 aromatic rings. The Morgan fingerprint density at radius 1 is 1.22 bits per heavy atom. The van der Waals surface area contributed by atoms with Crippen molar-refractivity contribution in [3.05, 3.63) is 0 Å². The Labute approximate surface area is 53.8 Å². The molecule has 3 fully saturated rings. The molecule has 50 valence electrons. The predicted octanol–water partition coefficient (Wildman–Crippen LogP) is 0.155. The third-order valence-corrected chi connectivity index (χ3v) is 2.98. The van der Waals surface area contributed by atoms with Crippen LogP contribution in [0.4, 0.5) is 0 Å². The van der Waals surface area contributed by atoms with Crippen molar-refractivity contribution >= 4 is 0 Å². The third-order valence-electron chi connectivity index (χ3n) is 2.98. The molecule has 1 saturated carbocycles. The van der Waals surface area contributed by atoms with E-state index in [-0.39, 0.29) is 12.2 Å². The average molecular weight is 126 g/mol. The number of rotatable bonds is 0. The minimum Gasteiger partial charge on any atom is -0.390 e. The number of hydrogen-bond acceptors (Lipinski definition) is 2. The Balaban J connectivity index is 1.96. The molecule has 0 amide bonds. The molecule has 0 aromatic carbocycles. The van der Waals surface area contributed by atoms with Gasteiger partial charge in [0.15, 0.2) is 0 Å². The molecule has 9 heavy (non-hydrogen) atoms. The van der Waals surface area contributed by atoms with Crippen LogP contribution in [0.2, 0.25) is 0 Å². The molecule has 0 radical (unpaired) electrons. The summed E-state index contributed by atoms with van der Waals surface area (Å²) in [5, 5.41) is 9.29. The van der Waals surface area contributed by atoms with Crippen molar-refractivity contribution in [1.82, 2.24) is 0 Å². The Morgan fingerprint density at radius 3 is 2.67 bits per heavy atom. The van der Waals surface area contributed by atoms with Gasteiger partial charge in [-0.15, -0.1) is 0 Å². The SMILES string of the molecule is OC1CC2OC1C1CC21. The molecule has 2 aliphatic heterocycles. The zero-order valence-electron chi connectivity index (χ0n) is 5.16. The highest BCUT2D eigenvalue weighted by Crippen LogP contribution is 2.58. The lowest BCUT2D eigenvalue weighted by molar-refractivity contribution is 0.0302. The highest BCUT2D eigenvalue weighted by Gasteiger charge is 2.62. The maximum atomic E-state index is 9.29. The molecule has 5 atom stereocenters. The topological polar surface area (TPSA) is 29.5 Å². The summed E-state index contributed by atoms with van der Waals surface area (Å²) >= 11 is 0. The lowest BCUT2D eigenvalue weighted by atomic mass is 9.98. The van der Waals surface area contributed by atoms with E-state index in [1.54, 1.807) is 0 Å². The van der Waals surface area contributed by atoms with Crippen molar-refractivity contribution in [3.8, 4) is 0 Å². The van der Waals surface area contributed by atoms with E-state index >= 15 is 0 Å². The minimum atomic E-state index is -0.126. The fourth-order valence-corrected chi connectivity index (χ4v) is 2.42. The van der Waals surface area contributed by atoms with E-state index in [4.69, 9.17) is 4.74 Å². The first-order chi connectivity index (χ1) is 4.36. The second-order valence-electron chi connectivity index (χ2n) is 3.51. The summed E-state index contributed by atoms with van der Waals surface area (Å²) in [7, 11) is 0. The zero-order valence-corrected chi connectivity index (χ0v) is 5.16. The maximum Gasteiger partial charge on any atom is 0.0870 e.